The summed E-state index contributed by atoms with van der Waals surface area (Å²) in [6.45, 7) is 5.46. The van der Waals surface area contributed by atoms with Gasteiger partial charge in [0.2, 0.25) is 5.91 Å². The molecule has 4 heteroatoms. The van der Waals surface area contributed by atoms with Gasteiger partial charge in [0.05, 0.1) is 6.54 Å². The van der Waals surface area contributed by atoms with Crippen molar-refractivity contribution in [1.29, 1.82) is 0 Å². The maximum Gasteiger partial charge on any atom is 0.238 e. The van der Waals surface area contributed by atoms with Crippen molar-refractivity contribution in [2.75, 3.05) is 31.5 Å². The molecule has 2 N–H and O–H groups in total. The fourth-order valence-corrected chi connectivity index (χ4v) is 2.02. The fourth-order valence-electron chi connectivity index (χ4n) is 2.02. The van der Waals surface area contributed by atoms with Crippen molar-refractivity contribution in [2.24, 2.45) is 0 Å². The van der Waals surface area contributed by atoms with Crippen LogP contribution in [0.1, 0.15) is 6.92 Å². The molecule has 17 heavy (non-hydrogen) atoms. The van der Waals surface area contributed by atoms with Crippen LogP contribution in [0.3, 0.4) is 0 Å². The number of nitrogens with one attached hydrogen (secondary N) is 2. The molecule has 0 spiro atoms. The van der Waals surface area contributed by atoms with E-state index in [-0.39, 0.29) is 5.91 Å². The molecule has 0 radical (unpaired) electrons. The molecule has 92 valence electrons. The van der Waals surface area contributed by atoms with E-state index in [9.17, 15) is 4.79 Å². The molecule has 4 nitrogen and oxygen atoms in total. The largest absolute Gasteiger partial charge is 0.325 e. The quantitative estimate of drug-likeness (QED) is 0.816. The second-order valence-corrected chi connectivity index (χ2v) is 4.44. The highest BCUT2D eigenvalue weighted by Gasteiger charge is 2.19. The van der Waals surface area contributed by atoms with Crippen LogP contribution in [0.2, 0.25) is 0 Å². The van der Waals surface area contributed by atoms with Gasteiger partial charge < -0.3 is 10.6 Å². The van der Waals surface area contributed by atoms with Gasteiger partial charge in [0.15, 0.2) is 0 Å². The molecule has 0 aliphatic carbocycles. The summed E-state index contributed by atoms with van der Waals surface area (Å²) in [5.41, 5.74) is 0.861. The summed E-state index contributed by atoms with van der Waals surface area (Å²) >= 11 is 0. The van der Waals surface area contributed by atoms with Gasteiger partial charge in [0.1, 0.15) is 0 Å². The van der Waals surface area contributed by atoms with E-state index in [0.29, 0.717) is 12.6 Å². The van der Waals surface area contributed by atoms with Crippen LogP contribution in [0, 0.1) is 0 Å². The van der Waals surface area contributed by atoms with Crippen molar-refractivity contribution < 1.29 is 4.79 Å². The molecule has 2 rings (SSSR count). The summed E-state index contributed by atoms with van der Waals surface area (Å²) in [4.78, 5) is 14.1. The van der Waals surface area contributed by atoms with Crippen molar-refractivity contribution in [1.82, 2.24) is 10.2 Å². The number of benzene rings is 1. The van der Waals surface area contributed by atoms with E-state index in [1.165, 1.54) is 0 Å². The molecule has 1 saturated heterocycles. The van der Waals surface area contributed by atoms with Crippen molar-refractivity contribution in [3.05, 3.63) is 30.3 Å². The smallest absolute Gasteiger partial charge is 0.238 e. The molecule has 1 aliphatic rings. The normalized spacial score (nSPS) is 21.1. The van der Waals surface area contributed by atoms with E-state index in [1.807, 2.05) is 30.3 Å². The van der Waals surface area contributed by atoms with Gasteiger partial charge in [-0.25, -0.2) is 0 Å². The lowest BCUT2D eigenvalue weighted by atomic mass is 10.2. The number of hydrogen-bond donors (Lipinski definition) is 2. The Morgan fingerprint density at radius 1 is 1.47 bits per heavy atom. The Kier molecular flexibility index (Phi) is 4.12. The highest BCUT2D eigenvalue weighted by Crippen LogP contribution is 2.06. The Labute approximate surface area is 102 Å². The summed E-state index contributed by atoms with van der Waals surface area (Å²) in [5, 5.41) is 6.22. The Balaban J connectivity index is 1.84. The molecule has 1 amide bonds. The molecule has 1 atom stereocenters. The second kappa shape index (κ2) is 5.80. The third kappa shape index (κ3) is 3.54. The Bertz CT molecular complexity index is 366. The SMILES string of the molecule is CC1CNCCN1CC(=O)Nc1ccccc1. The minimum absolute atomic E-state index is 0.0601. The average molecular weight is 233 g/mol. The fraction of sp³-hybridized carbons (Fsp3) is 0.462. The Morgan fingerprint density at radius 2 is 2.24 bits per heavy atom. The van der Waals surface area contributed by atoms with Crippen LogP contribution in [-0.4, -0.2) is 43.0 Å². The topological polar surface area (TPSA) is 44.4 Å². The van der Waals surface area contributed by atoms with Crippen LogP contribution in [0.25, 0.3) is 0 Å². The van der Waals surface area contributed by atoms with E-state index in [1.54, 1.807) is 0 Å². The van der Waals surface area contributed by atoms with Crippen LogP contribution < -0.4 is 10.6 Å². The van der Waals surface area contributed by atoms with E-state index in [2.05, 4.69) is 22.5 Å². The average Bonchev–Trinajstić information content (AvgIpc) is 2.33. The first-order valence-electron chi connectivity index (χ1n) is 6.05. The number of anilines is 1. The van der Waals surface area contributed by atoms with E-state index >= 15 is 0 Å². The minimum Gasteiger partial charge on any atom is -0.325 e. The minimum atomic E-state index is 0.0601. The first kappa shape index (κ1) is 12.1. The summed E-state index contributed by atoms with van der Waals surface area (Å²) in [6, 6.07) is 10.0. The third-order valence-corrected chi connectivity index (χ3v) is 3.04. The molecular weight excluding hydrogens is 214 g/mol. The summed E-state index contributed by atoms with van der Waals surface area (Å²) in [6.07, 6.45) is 0. The molecule has 0 bridgehead atoms. The second-order valence-electron chi connectivity index (χ2n) is 4.44. The summed E-state index contributed by atoms with van der Waals surface area (Å²) in [5.74, 6) is 0.0601. The molecule has 0 aromatic heterocycles. The van der Waals surface area contributed by atoms with Crippen molar-refractivity contribution in [3.63, 3.8) is 0 Å². The first-order valence-corrected chi connectivity index (χ1v) is 6.05. The summed E-state index contributed by atoms with van der Waals surface area (Å²) < 4.78 is 0. The number of piperazine rings is 1. The molecule has 1 aromatic carbocycles. The number of hydrogen-bond acceptors (Lipinski definition) is 3. The van der Waals surface area contributed by atoms with E-state index < -0.39 is 0 Å². The third-order valence-electron chi connectivity index (χ3n) is 3.04. The van der Waals surface area contributed by atoms with Gasteiger partial charge in [-0.15, -0.1) is 0 Å². The number of carbonyl (C=O) groups excluding carboxylic acids is 1. The Morgan fingerprint density at radius 3 is 2.94 bits per heavy atom. The Hall–Kier alpha value is -1.39. The lowest BCUT2D eigenvalue weighted by Gasteiger charge is -2.33. The highest BCUT2D eigenvalue weighted by molar-refractivity contribution is 5.92. The molecule has 0 saturated carbocycles. The zero-order valence-corrected chi connectivity index (χ0v) is 10.1. The van der Waals surface area contributed by atoms with Gasteiger partial charge in [0.25, 0.3) is 0 Å². The number of nitrogens with zero attached hydrogens (tertiary/aromatic N) is 1. The molecule has 1 heterocycles. The van der Waals surface area contributed by atoms with Crippen LogP contribution in [0.4, 0.5) is 5.69 Å². The predicted molar refractivity (Wildman–Crippen MR) is 69.0 cm³/mol. The van der Waals surface area contributed by atoms with Gasteiger partial charge >= 0.3 is 0 Å². The van der Waals surface area contributed by atoms with Crippen molar-refractivity contribution in [2.45, 2.75) is 13.0 Å². The van der Waals surface area contributed by atoms with Crippen LogP contribution in [-0.2, 0) is 4.79 Å². The molecule has 1 aromatic rings. The maximum atomic E-state index is 11.9. The zero-order valence-electron chi connectivity index (χ0n) is 10.1. The van der Waals surface area contributed by atoms with Gasteiger partial charge in [-0.05, 0) is 19.1 Å². The number of carbonyl (C=O) groups is 1. The zero-order chi connectivity index (χ0) is 12.1. The van der Waals surface area contributed by atoms with Crippen LogP contribution in [0.5, 0.6) is 0 Å². The molecule has 1 aliphatic heterocycles. The maximum absolute atomic E-state index is 11.9. The lowest BCUT2D eigenvalue weighted by Crippen LogP contribution is -2.51. The van der Waals surface area contributed by atoms with Crippen LogP contribution >= 0.6 is 0 Å². The van der Waals surface area contributed by atoms with Gasteiger partial charge in [-0.2, -0.15) is 0 Å². The number of rotatable bonds is 3. The monoisotopic (exact) mass is 233 g/mol. The molecule has 1 fully saturated rings. The first-order chi connectivity index (χ1) is 8.25. The molecular formula is C13H19N3O. The predicted octanol–water partition coefficient (Wildman–Crippen LogP) is 0.919. The summed E-state index contributed by atoms with van der Waals surface area (Å²) in [7, 11) is 0. The number of para-hydroxylation sites is 1. The van der Waals surface area contributed by atoms with Crippen molar-refractivity contribution >= 4 is 11.6 Å². The van der Waals surface area contributed by atoms with E-state index in [0.717, 1.165) is 25.3 Å². The van der Waals surface area contributed by atoms with E-state index in [4.69, 9.17) is 0 Å². The van der Waals surface area contributed by atoms with Gasteiger partial charge in [0, 0.05) is 31.4 Å². The number of amides is 1. The standard InChI is InChI=1S/C13H19N3O/c1-11-9-14-7-8-16(11)10-13(17)15-12-5-3-2-4-6-12/h2-6,11,14H,7-10H2,1H3,(H,15,17). The highest BCUT2D eigenvalue weighted by atomic mass is 16.2. The van der Waals surface area contributed by atoms with Crippen molar-refractivity contribution in [3.8, 4) is 0 Å². The molecule has 1 unspecified atom stereocenters. The lowest BCUT2D eigenvalue weighted by molar-refractivity contribution is -0.118. The van der Waals surface area contributed by atoms with Crippen LogP contribution in [0.15, 0.2) is 30.3 Å². The van der Waals surface area contributed by atoms with Gasteiger partial charge in [-0.3, -0.25) is 9.69 Å². The van der Waals surface area contributed by atoms with Gasteiger partial charge in [-0.1, -0.05) is 18.2 Å².